The van der Waals surface area contributed by atoms with Crippen molar-refractivity contribution in [2.24, 2.45) is 0 Å². The summed E-state index contributed by atoms with van der Waals surface area (Å²) in [6, 6.07) is 22.5. The largest absolute Gasteiger partial charge is 0.327 e. The van der Waals surface area contributed by atoms with Crippen LogP contribution in [-0.2, 0) is 0 Å². The Morgan fingerprint density at radius 1 is 0.900 bits per heavy atom. The van der Waals surface area contributed by atoms with Crippen LogP contribution in [0.1, 0.15) is 22.2 Å². The molecule has 1 aromatic heterocycles. The smallest absolute Gasteiger partial charge is 0.320 e. The zero-order valence-corrected chi connectivity index (χ0v) is 17.9. The highest BCUT2D eigenvalue weighted by molar-refractivity contribution is 7.19. The number of aromatic nitrogens is 1. The van der Waals surface area contributed by atoms with Crippen LogP contribution in [0, 0.1) is 0 Å². The highest BCUT2D eigenvalue weighted by atomic mass is 35.5. The van der Waals surface area contributed by atoms with Gasteiger partial charge in [0.1, 0.15) is 5.01 Å². The molecular weight excluding hydrogens is 437 g/mol. The number of nitrogens with zero attached hydrogens (tertiary/aromatic N) is 1. The van der Waals surface area contributed by atoms with Crippen LogP contribution in [-0.4, -0.2) is 11.0 Å². The van der Waals surface area contributed by atoms with Crippen molar-refractivity contribution >= 4 is 62.1 Å². The van der Waals surface area contributed by atoms with Gasteiger partial charge in [-0.25, -0.2) is 9.78 Å². The molecule has 3 aromatic carbocycles. The molecule has 1 unspecified atom stereocenters. The number of thiazole rings is 1. The van der Waals surface area contributed by atoms with E-state index in [1.54, 1.807) is 23.5 Å². The van der Waals surface area contributed by atoms with Gasteiger partial charge in [-0.1, -0.05) is 71.7 Å². The molecular formula is C23H15Cl2N3OS. The molecule has 0 bridgehead atoms. The lowest BCUT2D eigenvalue weighted by Gasteiger charge is -2.30. The first-order chi connectivity index (χ1) is 14.6. The fraction of sp³-hybridized carbons (Fsp3) is 0.0435. The topological polar surface area (TPSA) is 54.0 Å². The third-order valence-corrected chi connectivity index (χ3v) is 6.74. The summed E-state index contributed by atoms with van der Waals surface area (Å²) < 4.78 is 1.08. The van der Waals surface area contributed by atoms with Crippen LogP contribution in [0.2, 0.25) is 10.0 Å². The van der Waals surface area contributed by atoms with Crippen molar-refractivity contribution in [2.75, 3.05) is 0 Å². The van der Waals surface area contributed by atoms with Crippen LogP contribution in [0.25, 0.3) is 21.5 Å². The van der Waals surface area contributed by atoms with Crippen molar-refractivity contribution in [3.8, 4) is 0 Å². The quantitative estimate of drug-likeness (QED) is 0.372. The molecule has 1 atom stereocenters. The Labute approximate surface area is 187 Å². The number of benzene rings is 3. The molecule has 2 heterocycles. The summed E-state index contributed by atoms with van der Waals surface area (Å²) in [6.45, 7) is 0. The van der Waals surface area contributed by atoms with E-state index in [0.717, 1.165) is 37.6 Å². The van der Waals surface area contributed by atoms with Gasteiger partial charge in [-0.3, -0.25) is 0 Å². The summed E-state index contributed by atoms with van der Waals surface area (Å²) >= 11 is 14.0. The Bertz CT molecular complexity index is 1270. The number of halogens is 2. The zero-order chi connectivity index (χ0) is 20.7. The van der Waals surface area contributed by atoms with Crippen molar-refractivity contribution in [2.45, 2.75) is 6.04 Å². The van der Waals surface area contributed by atoms with E-state index in [1.807, 2.05) is 60.7 Å². The average molecular weight is 452 g/mol. The second kappa shape index (κ2) is 7.76. The second-order valence-electron chi connectivity index (χ2n) is 6.85. The van der Waals surface area contributed by atoms with E-state index in [4.69, 9.17) is 28.2 Å². The van der Waals surface area contributed by atoms with E-state index in [-0.39, 0.29) is 6.03 Å². The monoisotopic (exact) mass is 451 g/mol. The Hall–Kier alpha value is -2.86. The van der Waals surface area contributed by atoms with Crippen molar-refractivity contribution in [3.63, 3.8) is 0 Å². The maximum Gasteiger partial charge on any atom is 0.320 e. The molecule has 4 aromatic rings. The number of hydrogen-bond acceptors (Lipinski definition) is 3. The molecule has 0 spiro atoms. The number of hydrogen-bond donors (Lipinski definition) is 2. The maximum atomic E-state index is 12.6. The van der Waals surface area contributed by atoms with Gasteiger partial charge in [0.05, 0.1) is 32.0 Å². The van der Waals surface area contributed by atoms with E-state index in [1.165, 1.54) is 0 Å². The summed E-state index contributed by atoms with van der Waals surface area (Å²) in [5, 5.41) is 7.75. The number of fused-ring (bicyclic) bond motifs is 1. The molecule has 2 amide bonds. The fourth-order valence-corrected chi connectivity index (χ4v) is 4.91. The SMILES string of the molecule is O=C1NC(c2ccccc2)=C(c2nc3ccccc3s2)C(c2ccc(Cl)c(Cl)c2)N1. The number of carbonyl (C=O) groups excluding carboxylic acids is 1. The lowest BCUT2D eigenvalue weighted by molar-refractivity contribution is 0.242. The molecule has 1 aliphatic heterocycles. The number of carbonyl (C=O) groups is 1. The van der Waals surface area contributed by atoms with E-state index in [9.17, 15) is 4.79 Å². The molecule has 2 N–H and O–H groups in total. The predicted octanol–water partition coefficient (Wildman–Crippen LogP) is 6.53. The normalized spacial score (nSPS) is 16.5. The molecule has 0 saturated heterocycles. The highest BCUT2D eigenvalue weighted by Gasteiger charge is 2.32. The number of para-hydroxylation sites is 1. The standard InChI is InChI=1S/C23H15Cl2N3OS/c24-15-11-10-14(12-16(15)25)21-19(22-26-17-8-4-5-9-18(17)30-22)20(27-23(29)28-21)13-6-2-1-3-7-13/h1-12,21H,(H2,27,28,29). The first-order valence-corrected chi connectivity index (χ1v) is 10.9. The third-order valence-electron chi connectivity index (χ3n) is 4.94. The molecule has 7 heteroatoms. The van der Waals surface area contributed by atoms with E-state index < -0.39 is 6.04 Å². The van der Waals surface area contributed by atoms with Crippen LogP contribution in [0.4, 0.5) is 4.79 Å². The first-order valence-electron chi connectivity index (χ1n) is 9.28. The fourth-order valence-electron chi connectivity index (χ4n) is 3.56. The van der Waals surface area contributed by atoms with Gasteiger partial charge >= 0.3 is 6.03 Å². The minimum atomic E-state index is -0.427. The minimum absolute atomic E-state index is 0.283. The van der Waals surface area contributed by atoms with Crippen molar-refractivity contribution in [3.05, 3.63) is 99.0 Å². The molecule has 148 valence electrons. The van der Waals surface area contributed by atoms with Gasteiger partial charge in [0.2, 0.25) is 0 Å². The van der Waals surface area contributed by atoms with E-state index in [0.29, 0.717) is 10.0 Å². The molecule has 0 aliphatic carbocycles. The molecule has 0 radical (unpaired) electrons. The Balaban J connectivity index is 1.77. The molecule has 4 nitrogen and oxygen atoms in total. The lowest BCUT2D eigenvalue weighted by Crippen LogP contribution is -2.42. The highest BCUT2D eigenvalue weighted by Crippen LogP contribution is 2.41. The van der Waals surface area contributed by atoms with Gasteiger partial charge in [0, 0.05) is 5.57 Å². The van der Waals surface area contributed by atoms with Crippen molar-refractivity contribution in [1.82, 2.24) is 15.6 Å². The Morgan fingerprint density at radius 2 is 1.67 bits per heavy atom. The lowest BCUT2D eigenvalue weighted by atomic mass is 9.93. The van der Waals surface area contributed by atoms with Gasteiger partial charge in [-0.05, 0) is 35.4 Å². The number of amides is 2. The van der Waals surface area contributed by atoms with Crippen LogP contribution in [0.5, 0.6) is 0 Å². The van der Waals surface area contributed by atoms with Crippen molar-refractivity contribution in [1.29, 1.82) is 0 Å². The van der Waals surface area contributed by atoms with Gasteiger partial charge < -0.3 is 10.6 Å². The first kappa shape index (κ1) is 19.1. The van der Waals surface area contributed by atoms with E-state index in [2.05, 4.69) is 10.6 Å². The summed E-state index contributed by atoms with van der Waals surface area (Å²) in [5.74, 6) is 0. The van der Waals surface area contributed by atoms with Gasteiger partial charge in [0.25, 0.3) is 0 Å². The molecule has 0 fully saturated rings. The molecule has 5 rings (SSSR count). The summed E-state index contributed by atoms with van der Waals surface area (Å²) in [6.07, 6.45) is 0. The molecule has 0 saturated carbocycles. The molecule has 30 heavy (non-hydrogen) atoms. The maximum absolute atomic E-state index is 12.6. The van der Waals surface area contributed by atoms with E-state index >= 15 is 0 Å². The average Bonchev–Trinajstić information content (AvgIpc) is 3.19. The number of rotatable bonds is 3. The second-order valence-corrected chi connectivity index (χ2v) is 8.69. The van der Waals surface area contributed by atoms with Crippen LogP contribution < -0.4 is 10.6 Å². The van der Waals surface area contributed by atoms with Crippen LogP contribution in [0.15, 0.2) is 72.8 Å². The summed E-state index contributed by atoms with van der Waals surface area (Å²) in [7, 11) is 0. The van der Waals surface area contributed by atoms with Gasteiger partial charge in [0.15, 0.2) is 0 Å². The Kier molecular flexibility index (Phi) is 4.95. The van der Waals surface area contributed by atoms with Gasteiger partial charge in [-0.2, -0.15) is 0 Å². The Morgan fingerprint density at radius 3 is 2.43 bits per heavy atom. The summed E-state index contributed by atoms with van der Waals surface area (Å²) in [4.78, 5) is 17.5. The van der Waals surface area contributed by atoms with Crippen LogP contribution >= 0.6 is 34.5 Å². The van der Waals surface area contributed by atoms with Crippen LogP contribution in [0.3, 0.4) is 0 Å². The predicted molar refractivity (Wildman–Crippen MR) is 124 cm³/mol. The minimum Gasteiger partial charge on any atom is -0.327 e. The number of nitrogens with one attached hydrogen (secondary N) is 2. The zero-order valence-electron chi connectivity index (χ0n) is 15.5. The number of urea groups is 1. The third kappa shape index (κ3) is 3.45. The van der Waals surface area contributed by atoms with Crippen molar-refractivity contribution < 1.29 is 4.79 Å². The van der Waals surface area contributed by atoms with Gasteiger partial charge in [-0.15, -0.1) is 11.3 Å². The molecule has 1 aliphatic rings. The summed E-state index contributed by atoms with van der Waals surface area (Å²) in [5.41, 5.74) is 4.28.